The Morgan fingerprint density at radius 3 is 2.10 bits per heavy atom. The zero-order valence-corrected chi connectivity index (χ0v) is 22.7. The third kappa shape index (κ3) is 6.17. The van der Waals surface area contributed by atoms with Crippen molar-refractivity contribution >= 4 is 51.9 Å². The van der Waals surface area contributed by atoms with Crippen LogP contribution in [0, 0.1) is 6.92 Å². The number of hydrogen-bond donors (Lipinski definition) is 3. The summed E-state index contributed by atoms with van der Waals surface area (Å²) in [6, 6.07) is 21.1. The van der Waals surface area contributed by atoms with Gasteiger partial charge in [-0.15, -0.1) is 0 Å². The molecule has 1 aromatic heterocycles. The Bertz CT molecular complexity index is 1580. The summed E-state index contributed by atoms with van der Waals surface area (Å²) in [4.78, 5) is 49.2. The van der Waals surface area contributed by atoms with Gasteiger partial charge in [-0.2, -0.15) is 4.98 Å². The largest absolute Gasteiger partial charge is 0.352 e. The summed E-state index contributed by atoms with van der Waals surface area (Å²) in [6.07, 6.45) is 0. The molecule has 10 heteroatoms. The van der Waals surface area contributed by atoms with Crippen LogP contribution in [0.25, 0.3) is 22.0 Å². The average Bonchev–Trinajstić information content (AvgIpc) is 2.92. The van der Waals surface area contributed by atoms with E-state index in [1.54, 1.807) is 4.90 Å². The molecule has 0 spiro atoms. The summed E-state index contributed by atoms with van der Waals surface area (Å²) in [5, 5.41) is 9.31. The summed E-state index contributed by atoms with van der Waals surface area (Å²) < 4.78 is 0. The molecule has 10 nitrogen and oxygen atoms in total. The highest BCUT2D eigenvalue weighted by molar-refractivity contribution is 5.96. The number of aromatic nitrogens is 2. The van der Waals surface area contributed by atoms with E-state index >= 15 is 0 Å². The third-order valence-corrected chi connectivity index (χ3v) is 6.64. The molecule has 1 saturated heterocycles. The normalized spacial score (nSPS) is 13.2. The fourth-order valence-corrected chi connectivity index (χ4v) is 4.74. The standard InChI is InChI=1S/C30H31N7O3/c1-19-5-4-6-25(17-19)33-30(40)37-15-13-36(14-16-37)28-26-18-23(22-7-10-24(11-8-22)31-20(2)38)9-12-27(26)34-29(35-28)32-21(3)39/h4-12,17-18H,13-16H2,1-3H3,(H,31,38)(H,33,40)(H,32,34,35,39). The predicted octanol–water partition coefficient (Wildman–Crippen LogP) is 4.88. The first-order valence-corrected chi connectivity index (χ1v) is 13.1. The first kappa shape index (κ1) is 26.6. The summed E-state index contributed by atoms with van der Waals surface area (Å²) in [5.74, 6) is 0.563. The molecule has 204 valence electrons. The highest BCUT2D eigenvalue weighted by Crippen LogP contribution is 2.31. The zero-order chi connectivity index (χ0) is 28.2. The van der Waals surface area contributed by atoms with Gasteiger partial charge in [0.25, 0.3) is 0 Å². The second kappa shape index (κ2) is 11.4. The molecule has 0 unspecified atom stereocenters. The minimum absolute atomic E-state index is 0.122. The molecule has 0 bridgehead atoms. The molecule has 3 aromatic carbocycles. The molecule has 0 radical (unpaired) electrons. The van der Waals surface area contributed by atoms with Crippen molar-refractivity contribution in [2.24, 2.45) is 0 Å². The van der Waals surface area contributed by atoms with E-state index in [1.807, 2.05) is 73.7 Å². The molecule has 0 aliphatic carbocycles. The number of amides is 4. The fourth-order valence-electron chi connectivity index (χ4n) is 4.74. The van der Waals surface area contributed by atoms with E-state index in [4.69, 9.17) is 4.98 Å². The summed E-state index contributed by atoms with van der Waals surface area (Å²) >= 11 is 0. The van der Waals surface area contributed by atoms with Crippen LogP contribution in [0.15, 0.2) is 66.7 Å². The maximum atomic E-state index is 12.9. The van der Waals surface area contributed by atoms with Crippen molar-refractivity contribution in [2.45, 2.75) is 20.8 Å². The molecule has 0 atom stereocenters. The van der Waals surface area contributed by atoms with Crippen LogP contribution in [0.2, 0.25) is 0 Å². The molecule has 2 heterocycles. The minimum atomic E-state index is -0.251. The minimum Gasteiger partial charge on any atom is -0.352 e. The highest BCUT2D eigenvalue weighted by Gasteiger charge is 2.24. The number of hydrogen-bond acceptors (Lipinski definition) is 6. The summed E-state index contributed by atoms with van der Waals surface area (Å²) in [7, 11) is 0. The quantitative estimate of drug-likeness (QED) is 0.334. The van der Waals surface area contributed by atoms with Crippen molar-refractivity contribution in [3.05, 3.63) is 72.3 Å². The van der Waals surface area contributed by atoms with Crippen molar-refractivity contribution in [3.8, 4) is 11.1 Å². The number of rotatable bonds is 5. The topological polar surface area (TPSA) is 120 Å². The van der Waals surface area contributed by atoms with Gasteiger partial charge in [0.15, 0.2) is 0 Å². The van der Waals surface area contributed by atoms with Crippen LogP contribution < -0.4 is 20.9 Å². The Morgan fingerprint density at radius 1 is 0.725 bits per heavy atom. The van der Waals surface area contributed by atoms with Crippen LogP contribution in [-0.4, -0.2) is 58.9 Å². The van der Waals surface area contributed by atoms with E-state index < -0.39 is 0 Å². The van der Waals surface area contributed by atoms with Gasteiger partial charge in [0.1, 0.15) is 5.82 Å². The Labute approximate surface area is 232 Å². The van der Waals surface area contributed by atoms with Crippen LogP contribution in [0.5, 0.6) is 0 Å². The number of anilines is 4. The van der Waals surface area contributed by atoms with Crippen molar-refractivity contribution in [1.29, 1.82) is 0 Å². The molecule has 4 amide bonds. The number of nitrogens with one attached hydrogen (secondary N) is 3. The number of piperazine rings is 1. The fraction of sp³-hybridized carbons (Fsp3) is 0.233. The van der Waals surface area contributed by atoms with Crippen molar-refractivity contribution in [2.75, 3.05) is 47.0 Å². The Balaban J connectivity index is 1.40. The van der Waals surface area contributed by atoms with Gasteiger partial charge < -0.3 is 20.4 Å². The molecule has 1 aliphatic rings. The lowest BCUT2D eigenvalue weighted by Gasteiger charge is -2.36. The van der Waals surface area contributed by atoms with Gasteiger partial charge in [-0.05, 0) is 60.0 Å². The van der Waals surface area contributed by atoms with E-state index in [2.05, 4.69) is 25.8 Å². The highest BCUT2D eigenvalue weighted by atomic mass is 16.2. The summed E-state index contributed by atoms with van der Waals surface area (Å²) in [6.45, 7) is 7.07. The molecule has 1 aliphatic heterocycles. The van der Waals surface area contributed by atoms with E-state index in [-0.39, 0.29) is 23.8 Å². The Morgan fingerprint density at radius 2 is 1.43 bits per heavy atom. The third-order valence-electron chi connectivity index (χ3n) is 6.64. The predicted molar refractivity (Wildman–Crippen MR) is 158 cm³/mol. The van der Waals surface area contributed by atoms with Gasteiger partial charge in [-0.3, -0.25) is 14.9 Å². The molecule has 40 heavy (non-hydrogen) atoms. The smallest absolute Gasteiger partial charge is 0.321 e. The number of fused-ring (bicyclic) bond motifs is 1. The van der Waals surface area contributed by atoms with Gasteiger partial charge in [-0.1, -0.05) is 30.3 Å². The first-order chi connectivity index (χ1) is 19.2. The maximum absolute atomic E-state index is 12.9. The van der Waals surface area contributed by atoms with Crippen molar-refractivity contribution < 1.29 is 14.4 Å². The van der Waals surface area contributed by atoms with E-state index in [0.29, 0.717) is 37.5 Å². The Hall–Kier alpha value is -4.99. The van der Waals surface area contributed by atoms with Gasteiger partial charge in [-0.25, -0.2) is 9.78 Å². The molecule has 5 rings (SSSR count). The van der Waals surface area contributed by atoms with Crippen molar-refractivity contribution in [3.63, 3.8) is 0 Å². The lowest BCUT2D eigenvalue weighted by molar-refractivity contribution is -0.115. The lowest BCUT2D eigenvalue weighted by Crippen LogP contribution is -2.50. The average molecular weight is 538 g/mol. The molecule has 3 N–H and O–H groups in total. The number of carbonyl (C=O) groups excluding carboxylic acids is 3. The number of aryl methyl sites for hydroxylation is 1. The van der Waals surface area contributed by atoms with Crippen LogP contribution in [0.4, 0.5) is 27.9 Å². The number of carbonyl (C=O) groups is 3. The van der Waals surface area contributed by atoms with Crippen LogP contribution in [0.3, 0.4) is 0 Å². The van der Waals surface area contributed by atoms with Gasteiger partial charge in [0.05, 0.1) is 5.52 Å². The van der Waals surface area contributed by atoms with E-state index in [0.717, 1.165) is 33.5 Å². The monoisotopic (exact) mass is 537 g/mol. The molecule has 4 aromatic rings. The van der Waals surface area contributed by atoms with Gasteiger partial charge >= 0.3 is 6.03 Å². The van der Waals surface area contributed by atoms with Crippen LogP contribution in [-0.2, 0) is 9.59 Å². The van der Waals surface area contributed by atoms with E-state index in [1.165, 1.54) is 13.8 Å². The summed E-state index contributed by atoms with van der Waals surface area (Å²) in [5.41, 5.74) is 5.22. The molecular formula is C30H31N7O3. The molecule has 0 saturated carbocycles. The lowest BCUT2D eigenvalue weighted by atomic mass is 10.0. The second-order valence-corrected chi connectivity index (χ2v) is 9.82. The van der Waals surface area contributed by atoms with Gasteiger partial charge in [0.2, 0.25) is 17.8 Å². The van der Waals surface area contributed by atoms with Gasteiger partial charge in [0, 0.05) is 56.8 Å². The number of benzene rings is 3. The number of nitrogens with zero attached hydrogens (tertiary/aromatic N) is 4. The Kier molecular flexibility index (Phi) is 7.59. The molecular weight excluding hydrogens is 506 g/mol. The van der Waals surface area contributed by atoms with Crippen molar-refractivity contribution in [1.82, 2.24) is 14.9 Å². The van der Waals surface area contributed by atoms with Crippen LogP contribution in [0.1, 0.15) is 19.4 Å². The first-order valence-electron chi connectivity index (χ1n) is 13.1. The zero-order valence-electron chi connectivity index (χ0n) is 22.7. The molecule has 1 fully saturated rings. The van der Waals surface area contributed by atoms with E-state index in [9.17, 15) is 14.4 Å². The SMILES string of the molecule is CC(=O)Nc1ccc(-c2ccc3nc(NC(C)=O)nc(N4CCN(C(=O)Nc5cccc(C)c5)CC4)c3c2)cc1. The maximum Gasteiger partial charge on any atom is 0.321 e. The number of urea groups is 1. The van der Waals surface area contributed by atoms with Crippen LogP contribution >= 0.6 is 0 Å². The second-order valence-electron chi connectivity index (χ2n) is 9.82.